The fourth-order valence-corrected chi connectivity index (χ4v) is 4.44. The molecule has 3 N–H and O–H groups in total. The van der Waals surface area contributed by atoms with E-state index in [1.54, 1.807) is 36.4 Å². The van der Waals surface area contributed by atoms with Crippen molar-refractivity contribution in [3.05, 3.63) is 82.3 Å². The average molecular weight is 502 g/mol. The molecule has 1 aliphatic rings. The lowest BCUT2D eigenvalue weighted by Crippen LogP contribution is -2.19. The van der Waals surface area contributed by atoms with Crippen LogP contribution in [0.5, 0.6) is 11.5 Å². The Labute approximate surface area is 189 Å². The first kappa shape index (κ1) is 21.4. The van der Waals surface area contributed by atoms with Crippen LogP contribution < -0.4 is 14.9 Å². The fourth-order valence-electron chi connectivity index (χ4n) is 3.55. The van der Waals surface area contributed by atoms with Gasteiger partial charge in [-0.2, -0.15) is 5.10 Å². The number of aromatic hydroxyl groups is 1. The highest BCUT2D eigenvalue weighted by molar-refractivity contribution is 9.10. The maximum absolute atomic E-state index is 11.6. The van der Waals surface area contributed by atoms with Crippen molar-refractivity contribution >= 4 is 37.4 Å². The monoisotopic (exact) mass is 501 g/mol. The van der Waals surface area contributed by atoms with Crippen LogP contribution in [0.4, 0.5) is 5.69 Å². The molecule has 0 aliphatic carbocycles. The van der Waals surface area contributed by atoms with Crippen LogP contribution in [-0.4, -0.2) is 26.3 Å². The minimum atomic E-state index is -3.80. The van der Waals surface area contributed by atoms with Crippen molar-refractivity contribution in [3.63, 3.8) is 0 Å². The summed E-state index contributed by atoms with van der Waals surface area (Å²) in [4.78, 5) is 0.0225. The first-order valence-corrected chi connectivity index (χ1v) is 11.7. The second-order valence-electron chi connectivity index (χ2n) is 7.09. The molecule has 0 fully saturated rings. The summed E-state index contributed by atoms with van der Waals surface area (Å²) in [6, 6.07) is 18.8. The van der Waals surface area contributed by atoms with Crippen LogP contribution in [0, 0.1) is 0 Å². The number of phenols is 1. The Hall–Kier alpha value is -2.88. The zero-order valence-corrected chi connectivity index (χ0v) is 19.0. The third-order valence-electron chi connectivity index (χ3n) is 5.09. The lowest BCUT2D eigenvalue weighted by molar-refractivity contribution is 0.414. The lowest BCUT2D eigenvalue weighted by atomic mass is 9.97. The number of anilines is 1. The van der Waals surface area contributed by atoms with Crippen molar-refractivity contribution in [2.24, 2.45) is 10.2 Å². The Balaban J connectivity index is 1.79. The highest BCUT2D eigenvalue weighted by Gasteiger charge is 2.32. The second kappa shape index (κ2) is 8.33. The number of ether oxygens (including phenoxy) is 1. The number of benzene rings is 3. The molecule has 160 valence electrons. The summed E-state index contributed by atoms with van der Waals surface area (Å²) in [5.74, 6) is 0.874. The summed E-state index contributed by atoms with van der Waals surface area (Å²) < 4.78 is 29.4. The Kier molecular flexibility index (Phi) is 5.74. The SMILES string of the molecule is COc1cccc(C2=NN(c3ccc(S(N)(=O)=O)cc3)C(c3cc(Br)ccc3O)C2)c1. The van der Waals surface area contributed by atoms with Crippen molar-refractivity contribution in [3.8, 4) is 11.5 Å². The van der Waals surface area contributed by atoms with Gasteiger partial charge in [-0.25, -0.2) is 13.6 Å². The summed E-state index contributed by atoms with van der Waals surface area (Å²) in [5.41, 5.74) is 3.10. The lowest BCUT2D eigenvalue weighted by Gasteiger charge is -2.25. The minimum absolute atomic E-state index is 0.0225. The van der Waals surface area contributed by atoms with E-state index in [9.17, 15) is 13.5 Å². The van der Waals surface area contributed by atoms with Gasteiger partial charge in [0.05, 0.1) is 29.4 Å². The van der Waals surface area contributed by atoms with E-state index in [1.165, 1.54) is 12.1 Å². The van der Waals surface area contributed by atoms with Crippen molar-refractivity contribution < 1.29 is 18.3 Å². The van der Waals surface area contributed by atoms with Crippen molar-refractivity contribution in [2.45, 2.75) is 17.4 Å². The van der Waals surface area contributed by atoms with Gasteiger partial charge in [0.15, 0.2) is 0 Å². The van der Waals surface area contributed by atoms with Crippen LogP contribution >= 0.6 is 15.9 Å². The van der Waals surface area contributed by atoms with E-state index < -0.39 is 10.0 Å². The van der Waals surface area contributed by atoms with Gasteiger partial charge in [-0.15, -0.1) is 0 Å². The highest BCUT2D eigenvalue weighted by atomic mass is 79.9. The predicted octanol–water partition coefficient (Wildman–Crippen LogP) is 4.17. The number of primary sulfonamides is 1. The van der Waals surface area contributed by atoms with Gasteiger partial charge >= 0.3 is 0 Å². The van der Waals surface area contributed by atoms with E-state index in [4.69, 9.17) is 15.0 Å². The maximum atomic E-state index is 11.6. The van der Waals surface area contributed by atoms with Crippen LogP contribution in [0.2, 0.25) is 0 Å². The van der Waals surface area contributed by atoms with E-state index in [2.05, 4.69) is 15.9 Å². The van der Waals surface area contributed by atoms with Gasteiger partial charge in [-0.1, -0.05) is 28.1 Å². The molecule has 9 heteroatoms. The van der Waals surface area contributed by atoms with Gasteiger partial charge in [0.1, 0.15) is 11.5 Å². The first-order chi connectivity index (χ1) is 14.8. The number of nitrogens with two attached hydrogens (primary N) is 1. The van der Waals surface area contributed by atoms with Crippen LogP contribution in [0.25, 0.3) is 0 Å². The van der Waals surface area contributed by atoms with Gasteiger partial charge in [0.2, 0.25) is 10.0 Å². The molecule has 1 aliphatic heterocycles. The molecule has 1 atom stereocenters. The number of rotatable bonds is 5. The molecule has 1 unspecified atom stereocenters. The Morgan fingerprint density at radius 1 is 1.13 bits per heavy atom. The molecule has 0 spiro atoms. The molecule has 0 aromatic heterocycles. The molecule has 3 aromatic rings. The number of hydrogen-bond acceptors (Lipinski definition) is 6. The normalized spacial score (nSPS) is 16.3. The standard InChI is InChI=1S/C22H20BrN3O4S/c1-30-17-4-2-3-14(11-17)20-13-21(19-12-15(23)5-10-22(19)27)26(25-20)16-6-8-18(9-7-16)31(24,28)29/h2-12,21,27H,13H2,1H3,(H2,24,28,29). The van der Waals surface area contributed by atoms with Crippen LogP contribution in [0.3, 0.4) is 0 Å². The van der Waals surface area contributed by atoms with E-state index in [0.29, 0.717) is 17.7 Å². The van der Waals surface area contributed by atoms with Gasteiger partial charge in [0, 0.05) is 22.0 Å². The van der Waals surface area contributed by atoms with Crippen LogP contribution in [0.1, 0.15) is 23.6 Å². The predicted molar refractivity (Wildman–Crippen MR) is 123 cm³/mol. The summed E-state index contributed by atoms with van der Waals surface area (Å²) >= 11 is 3.47. The number of hydrazone groups is 1. The molecule has 0 bridgehead atoms. The molecule has 4 rings (SSSR count). The molecule has 0 amide bonds. The van der Waals surface area contributed by atoms with E-state index in [1.807, 2.05) is 30.3 Å². The largest absolute Gasteiger partial charge is 0.508 e. The number of nitrogens with zero attached hydrogens (tertiary/aromatic N) is 2. The third kappa shape index (κ3) is 4.43. The molecule has 1 heterocycles. The Bertz CT molecular complexity index is 1260. The molecule has 0 radical (unpaired) electrons. The summed E-state index contributed by atoms with van der Waals surface area (Å²) in [7, 11) is -2.19. The summed E-state index contributed by atoms with van der Waals surface area (Å²) in [6.07, 6.45) is 0.536. The quantitative estimate of drug-likeness (QED) is 0.545. The summed E-state index contributed by atoms with van der Waals surface area (Å²) in [5, 5.41) is 22.3. The topological polar surface area (TPSA) is 105 Å². The number of methoxy groups -OCH3 is 1. The molecular weight excluding hydrogens is 482 g/mol. The average Bonchev–Trinajstić information content (AvgIpc) is 3.20. The molecule has 7 nitrogen and oxygen atoms in total. The van der Waals surface area contributed by atoms with E-state index >= 15 is 0 Å². The smallest absolute Gasteiger partial charge is 0.238 e. The van der Waals surface area contributed by atoms with Crippen molar-refractivity contribution in [1.82, 2.24) is 0 Å². The van der Waals surface area contributed by atoms with Gasteiger partial charge in [-0.05, 0) is 54.6 Å². The van der Waals surface area contributed by atoms with E-state index in [0.717, 1.165) is 21.5 Å². The molecule has 0 saturated carbocycles. The fraction of sp³-hybridized carbons (Fsp3) is 0.136. The van der Waals surface area contributed by atoms with Gasteiger partial charge in [-0.3, -0.25) is 5.01 Å². The van der Waals surface area contributed by atoms with E-state index in [-0.39, 0.29) is 16.7 Å². The zero-order valence-electron chi connectivity index (χ0n) is 16.6. The molecule has 3 aromatic carbocycles. The number of hydrogen-bond donors (Lipinski definition) is 2. The highest BCUT2D eigenvalue weighted by Crippen LogP contribution is 2.41. The second-order valence-corrected chi connectivity index (χ2v) is 9.56. The summed E-state index contributed by atoms with van der Waals surface area (Å²) in [6.45, 7) is 0. The number of phenolic OH excluding ortho intramolecular Hbond substituents is 1. The maximum Gasteiger partial charge on any atom is 0.238 e. The van der Waals surface area contributed by atoms with Crippen LogP contribution in [-0.2, 0) is 10.0 Å². The zero-order chi connectivity index (χ0) is 22.2. The van der Waals surface area contributed by atoms with Gasteiger partial charge < -0.3 is 9.84 Å². The Morgan fingerprint density at radius 2 is 1.87 bits per heavy atom. The van der Waals surface area contributed by atoms with Crippen molar-refractivity contribution in [1.29, 1.82) is 0 Å². The number of halogens is 1. The van der Waals surface area contributed by atoms with Crippen molar-refractivity contribution in [2.75, 3.05) is 12.1 Å². The van der Waals surface area contributed by atoms with Gasteiger partial charge in [0.25, 0.3) is 0 Å². The first-order valence-electron chi connectivity index (χ1n) is 9.38. The third-order valence-corrected chi connectivity index (χ3v) is 6.51. The number of sulfonamides is 1. The molecule has 31 heavy (non-hydrogen) atoms. The minimum Gasteiger partial charge on any atom is -0.508 e. The molecule has 0 saturated heterocycles. The Morgan fingerprint density at radius 3 is 2.55 bits per heavy atom. The molecular formula is C22H20BrN3O4S. The van der Waals surface area contributed by atoms with Crippen LogP contribution in [0.15, 0.2) is 81.2 Å².